The van der Waals surface area contributed by atoms with Crippen LogP contribution in [0.5, 0.6) is 0 Å². The fourth-order valence-electron chi connectivity index (χ4n) is 3.35. The minimum Gasteiger partial charge on any atom is -0.343 e. The van der Waals surface area contributed by atoms with E-state index in [9.17, 15) is 4.79 Å². The van der Waals surface area contributed by atoms with E-state index in [0.29, 0.717) is 5.92 Å². The number of likely N-dealkylation sites (tertiary alicyclic amines) is 1. The number of rotatable bonds is 4. The number of pyridine rings is 1. The largest absolute Gasteiger partial charge is 0.343 e. The van der Waals surface area contributed by atoms with Crippen molar-refractivity contribution in [3.63, 3.8) is 0 Å². The summed E-state index contributed by atoms with van der Waals surface area (Å²) in [7, 11) is 0. The van der Waals surface area contributed by atoms with Gasteiger partial charge in [0.25, 0.3) is 0 Å². The number of aryl methyl sites for hydroxylation is 1. The van der Waals surface area contributed by atoms with Crippen molar-refractivity contribution >= 4 is 5.91 Å². The molecule has 2 aromatic heterocycles. The van der Waals surface area contributed by atoms with Gasteiger partial charge in [-0.3, -0.25) is 14.5 Å². The van der Waals surface area contributed by atoms with E-state index in [1.165, 1.54) is 12.0 Å². The number of hydrogen-bond donors (Lipinski definition) is 0. The number of amides is 1. The van der Waals surface area contributed by atoms with Gasteiger partial charge >= 0.3 is 0 Å². The Labute approximate surface area is 137 Å². The molecule has 0 radical (unpaired) electrons. The van der Waals surface area contributed by atoms with Crippen LogP contribution in [0.25, 0.3) is 11.4 Å². The molecule has 23 heavy (non-hydrogen) atoms. The molecule has 3 rings (SSSR count). The predicted octanol–water partition coefficient (Wildman–Crippen LogP) is 2.77. The average Bonchev–Trinajstić information content (AvgIpc) is 3.04. The summed E-state index contributed by atoms with van der Waals surface area (Å²) in [6.07, 6.45) is 7.06. The summed E-state index contributed by atoms with van der Waals surface area (Å²) in [4.78, 5) is 18.1. The Bertz CT molecular complexity index is 662. The third kappa shape index (κ3) is 3.60. The number of aromatic nitrogens is 3. The molecule has 1 aliphatic rings. The van der Waals surface area contributed by atoms with E-state index in [2.05, 4.69) is 29.1 Å². The standard InChI is InChI=1S/C18H24N4O/c1-3-22-18(8-9-20-22)17-7-6-15(12-19-17)11-16-5-4-10-21(13-16)14(2)23/h6-9,12,16H,3-5,10-11,13H2,1-2H3/t16-/m1/s1. The first kappa shape index (κ1) is 15.7. The lowest BCUT2D eigenvalue weighted by Crippen LogP contribution is -2.39. The first-order valence-corrected chi connectivity index (χ1v) is 8.40. The maximum atomic E-state index is 11.5. The number of hydrogen-bond acceptors (Lipinski definition) is 3. The second kappa shape index (κ2) is 6.94. The molecular weight excluding hydrogens is 288 g/mol. The fraction of sp³-hybridized carbons (Fsp3) is 0.500. The summed E-state index contributed by atoms with van der Waals surface area (Å²) in [6.45, 7) is 6.36. The van der Waals surface area contributed by atoms with Crippen molar-refractivity contribution in [2.75, 3.05) is 13.1 Å². The van der Waals surface area contributed by atoms with Gasteiger partial charge in [-0.15, -0.1) is 0 Å². The molecule has 1 aliphatic heterocycles. The zero-order chi connectivity index (χ0) is 16.2. The van der Waals surface area contributed by atoms with Crippen LogP contribution in [0, 0.1) is 5.92 Å². The van der Waals surface area contributed by atoms with Gasteiger partial charge in [0.2, 0.25) is 5.91 Å². The molecule has 3 heterocycles. The van der Waals surface area contributed by atoms with Gasteiger partial charge in [-0.1, -0.05) is 6.07 Å². The van der Waals surface area contributed by atoms with Crippen LogP contribution in [0.1, 0.15) is 32.3 Å². The monoisotopic (exact) mass is 312 g/mol. The van der Waals surface area contributed by atoms with E-state index in [4.69, 9.17) is 0 Å². The van der Waals surface area contributed by atoms with Gasteiger partial charge < -0.3 is 4.90 Å². The SMILES string of the molecule is CCn1nccc1-c1ccc(C[C@H]2CCCN(C(C)=O)C2)cn1. The van der Waals surface area contributed by atoms with Crippen LogP contribution in [0.3, 0.4) is 0 Å². The van der Waals surface area contributed by atoms with Crippen LogP contribution < -0.4 is 0 Å². The molecule has 0 aliphatic carbocycles. The molecular formula is C18H24N4O. The Balaban J connectivity index is 1.67. The molecule has 0 aromatic carbocycles. The second-order valence-electron chi connectivity index (χ2n) is 6.26. The van der Waals surface area contributed by atoms with Crippen molar-refractivity contribution in [1.82, 2.24) is 19.7 Å². The maximum Gasteiger partial charge on any atom is 0.219 e. The van der Waals surface area contributed by atoms with Crippen LogP contribution in [0.4, 0.5) is 0 Å². The molecule has 0 bridgehead atoms. The molecule has 1 saturated heterocycles. The molecule has 0 unspecified atom stereocenters. The Morgan fingerprint density at radius 2 is 2.22 bits per heavy atom. The molecule has 5 nitrogen and oxygen atoms in total. The van der Waals surface area contributed by atoms with E-state index >= 15 is 0 Å². The molecule has 1 atom stereocenters. The van der Waals surface area contributed by atoms with E-state index in [1.54, 1.807) is 6.92 Å². The lowest BCUT2D eigenvalue weighted by Gasteiger charge is -2.32. The van der Waals surface area contributed by atoms with Gasteiger partial charge in [0.15, 0.2) is 0 Å². The average molecular weight is 312 g/mol. The summed E-state index contributed by atoms with van der Waals surface area (Å²) in [5.41, 5.74) is 3.26. The maximum absolute atomic E-state index is 11.5. The summed E-state index contributed by atoms with van der Waals surface area (Å²) in [5.74, 6) is 0.734. The highest BCUT2D eigenvalue weighted by atomic mass is 16.2. The molecule has 1 fully saturated rings. The Morgan fingerprint density at radius 1 is 1.35 bits per heavy atom. The van der Waals surface area contributed by atoms with E-state index in [-0.39, 0.29) is 5.91 Å². The summed E-state index contributed by atoms with van der Waals surface area (Å²) < 4.78 is 1.95. The number of carbonyl (C=O) groups is 1. The van der Waals surface area contributed by atoms with Gasteiger partial charge in [0.05, 0.1) is 11.4 Å². The number of piperidine rings is 1. The van der Waals surface area contributed by atoms with Crippen molar-refractivity contribution in [3.8, 4) is 11.4 Å². The Hall–Kier alpha value is -2.17. The first-order valence-electron chi connectivity index (χ1n) is 8.40. The van der Waals surface area contributed by atoms with E-state index in [1.807, 2.05) is 28.0 Å². The fourth-order valence-corrected chi connectivity index (χ4v) is 3.35. The van der Waals surface area contributed by atoms with Crippen LogP contribution in [-0.2, 0) is 17.8 Å². The van der Waals surface area contributed by atoms with Crippen LogP contribution >= 0.6 is 0 Å². The Morgan fingerprint density at radius 3 is 2.91 bits per heavy atom. The minimum atomic E-state index is 0.191. The number of nitrogens with zero attached hydrogens (tertiary/aromatic N) is 4. The highest BCUT2D eigenvalue weighted by molar-refractivity contribution is 5.73. The molecule has 0 spiro atoms. The lowest BCUT2D eigenvalue weighted by molar-refractivity contribution is -0.130. The van der Waals surface area contributed by atoms with Crippen molar-refractivity contribution in [2.45, 2.75) is 39.7 Å². The highest BCUT2D eigenvalue weighted by Gasteiger charge is 2.21. The Kier molecular flexibility index (Phi) is 4.74. The zero-order valence-corrected chi connectivity index (χ0v) is 13.9. The van der Waals surface area contributed by atoms with Crippen LogP contribution in [0.15, 0.2) is 30.6 Å². The van der Waals surface area contributed by atoms with E-state index in [0.717, 1.165) is 43.9 Å². The first-order chi connectivity index (χ1) is 11.2. The minimum absolute atomic E-state index is 0.191. The van der Waals surface area contributed by atoms with Gasteiger partial charge in [-0.2, -0.15) is 5.10 Å². The van der Waals surface area contributed by atoms with Crippen molar-refractivity contribution in [2.24, 2.45) is 5.92 Å². The van der Waals surface area contributed by atoms with Gasteiger partial charge in [0, 0.05) is 39.0 Å². The molecule has 122 valence electrons. The van der Waals surface area contributed by atoms with Gasteiger partial charge in [0.1, 0.15) is 0 Å². The quantitative estimate of drug-likeness (QED) is 0.872. The number of carbonyl (C=O) groups excluding carboxylic acids is 1. The van der Waals surface area contributed by atoms with Crippen molar-refractivity contribution in [3.05, 3.63) is 36.2 Å². The van der Waals surface area contributed by atoms with E-state index < -0.39 is 0 Å². The predicted molar refractivity (Wildman–Crippen MR) is 89.8 cm³/mol. The summed E-state index contributed by atoms with van der Waals surface area (Å²) in [5, 5.41) is 4.29. The molecule has 0 N–H and O–H groups in total. The van der Waals surface area contributed by atoms with Crippen molar-refractivity contribution < 1.29 is 4.79 Å². The topological polar surface area (TPSA) is 51.0 Å². The normalized spacial score (nSPS) is 18.2. The second-order valence-corrected chi connectivity index (χ2v) is 6.26. The third-order valence-electron chi connectivity index (χ3n) is 4.59. The zero-order valence-electron chi connectivity index (χ0n) is 13.9. The van der Waals surface area contributed by atoms with Crippen molar-refractivity contribution in [1.29, 1.82) is 0 Å². The highest BCUT2D eigenvalue weighted by Crippen LogP contribution is 2.22. The lowest BCUT2D eigenvalue weighted by atomic mass is 9.92. The smallest absolute Gasteiger partial charge is 0.219 e. The summed E-state index contributed by atoms with van der Waals surface area (Å²) >= 11 is 0. The van der Waals surface area contributed by atoms with Gasteiger partial charge in [-0.05, 0) is 49.8 Å². The van der Waals surface area contributed by atoms with Crippen LogP contribution in [0.2, 0.25) is 0 Å². The molecule has 5 heteroatoms. The third-order valence-corrected chi connectivity index (χ3v) is 4.59. The molecule has 0 saturated carbocycles. The molecule has 1 amide bonds. The van der Waals surface area contributed by atoms with Gasteiger partial charge in [-0.25, -0.2) is 0 Å². The molecule has 2 aromatic rings. The van der Waals surface area contributed by atoms with Crippen LogP contribution in [-0.4, -0.2) is 38.7 Å². The summed E-state index contributed by atoms with van der Waals surface area (Å²) in [6, 6.07) is 6.23.